The molecule has 4 rings (SSSR count). The number of aromatic nitrogens is 1. The molecule has 0 spiro atoms. The first-order valence-electron chi connectivity index (χ1n) is 12.3. The molecule has 1 saturated heterocycles. The molecule has 1 aromatic heterocycles. The summed E-state index contributed by atoms with van der Waals surface area (Å²) in [6.07, 6.45) is 7.13. The minimum absolute atomic E-state index is 0.0738. The van der Waals surface area contributed by atoms with Crippen LogP contribution in [0.1, 0.15) is 22.8 Å². The highest BCUT2D eigenvalue weighted by Crippen LogP contribution is 2.26. The predicted octanol–water partition coefficient (Wildman–Crippen LogP) is 5.36. The number of anilines is 1. The van der Waals surface area contributed by atoms with Crippen LogP contribution in [0.3, 0.4) is 0 Å². The molecule has 1 aliphatic rings. The molecule has 1 N–H and O–H groups in total. The Kier molecular flexibility index (Phi) is 8.66. The van der Waals surface area contributed by atoms with E-state index in [2.05, 4.69) is 21.2 Å². The number of pyridine rings is 1. The Morgan fingerprint density at radius 2 is 1.87 bits per heavy atom. The van der Waals surface area contributed by atoms with Gasteiger partial charge in [-0.25, -0.2) is 8.42 Å². The number of benzene rings is 2. The van der Waals surface area contributed by atoms with Gasteiger partial charge in [0.2, 0.25) is 0 Å². The standard InChI is InChI=1S/C29H31ClN4O3S/c1-4-7-25(30)18-21(2)20-33-14-16-34(17-15-33)29(35)24-11-12-26(22(3)19-24)32-38(36,37)27-10-5-8-23-9-6-13-31-28(23)27/h4-13,18-19,32H,2,14-17,20H2,1,3H3/b7-4-,25-18+. The van der Waals surface area contributed by atoms with Crippen molar-refractivity contribution in [1.82, 2.24) is 14.8 Å². The molecule has 3 aromatic rings. The molecule has 1 aliphatic heterocycles. The van der Waals surface area contributed by atoms with E-state index in [0.717, 1.165) is 24.0 Å². The zero-order chi connectivity index (χ0) is 27.3. The first-order chi connectivity index (χ1) is 18.2. The molecule has 0 saturated carbocycles. The molecule has 1 amide bonds. The van der Waals surface area contributed by atoms with Gasteiger partial charge in [-0.15, -0.1) is 0 Å². The summed E-state index contributed by atoms with van der Waals surface area (Å²) in [4.78, 5) is 21.6. The Morgan fingerprint density at radius 3 is 2.58 bits per heavy atom. The van der Waals surface area contributed by atoms with E-state index in [9.17, 15) is 13.2 Å². The average Bonchev–Trinajstić information content (AvgIpc) is 2.89. The smallest absolute Gasteiger partial charge is 0.264 e. The van der Waals surface area contributed by atoms with Crippen molar-refractivity contribution in [2.45, 2.75) is 18.7 Å². The van der Waals surface area contributed by atoms with E-state index in [4.69, 9.17) is 11.6 Å². The summed E-state index contributed by atoms with van der Waals surface area (Å²) in [5, 5.41) is 1.38. The van der Waals surface area contributed by atoms with Crippen LogP contribution in [-0.2, 0) is 10.0 Å². The molecule has 198 valence electrons. The minimum Gasteiger partial charge on any atom is -0.336 e. The van der Waals surface area contributed by atoms with Gasteiger partial charge in [-0.2, -0.15) is 0 Å². The van der Waals surface area contributed by atoms with E-state index >= 15 is 0 Å². The van der Waals surface area contributed by atoms with Crippen LogP contribution in [0.4, 0.5) is 5.69 Å². The fraction of sp³-hybridized carbons (Fsp3) is 0.241. The Labute approximate surface area is 229 Å². The van der Waals surface area contributed by atoms with Crippen molar-refractivity contribution in [1.29, 1.82) is 0 Å². The van der Waals surface area contributed by atoms with Gasteiger partial charge in [0.15, 0.2) is 0 Å². The number of sulfonamides is 1. The molecule has 0 bridgehead atoms. The highest BCUT2D eigenvalue weighted by Gasteiger charge is 2.24. The number of rotatable bonds is 8. The third-order valence-corrected chi connectivity index (χ3v) is 7.99. The van der Waals surface area contributed by atoms with Crippen LogP contribution in [-0.4, -0.2) is 61.8 Å². The number of hydrogen-bond donors (Lipinski definition) is 1. The summed E-state index contributed by atoms with van der Waals surface area (Å²) in [6.45, 7) is 11.1. The van der Waals surface area contributed by atoms with Crippen LogP contribution in [0.15, 0.2) is 95.0 Å². The fourth-order valence-electron chi connectivity index (χ4n) is 4.43. The van der Waals surface area contributed by atoms with Gasteiger partial charge in [-0.3, -0.25) is 19.4 Å². The predicted molar refractivity (Wildman–Crippen MR) is 154 cm³/mol. The Balaban J connectivity index is 1.40. The molecule has 1 fully saturated rings. The summed E-state index contributed by atoms with van der Waals surface area (Å²) < 4.78 is 29.0. The Morgan fingerprint density at radius 1 is 1.13 bits per heavy atom. The second-order valence-electron chi connectivity index (χ2n) is 9.22. The zero-order valence-corrected chi connectivity index (χ0v) is 23.1. The van der Waals surface area contributed by atoms with E-state index in [-0.39, 0.29) is 10.8 Å². The number of carbonyl (C=O) groups is 1. The number of piperazine rings is 1. The molecule has 38 heavy (non-hydrogen) atoms. The number of amides is 1. The number of allylic oxidation sites excluding steroid dienone is 3. The van der Waals surface area contributed by atoms with Crippen molar-refractivity contribution in [3.05, 3.63) is 101 Å². The second-order valence-corrected chi connectivity index (χ2v) is 11.3. The van der Waals surface area contributed by atoms with Crippen molar-refractivity contribution in [2.24, 2.45) is 0 Å². The van der Waals surface area contributed by atoms with Crippen LogP contribution in [0, 0.1) is 6.92 Å². The Bertz CT molecular complexity index is 1520. The minimum atomic E-state index is -3.88. The number of fused-ring (bicyclic) bond motifs is 1. The fourth-order valence-corrected chi connectivity index (χ4v) is 6.02. The first-order valence-corrected chi connectivity index (χ1v) is 14.2. The van der Waals surface area contributed by atoms with Gasteiger partial charge >= 0.3 is 0 Å². The van der Waals surface area contributed by atoms with Gasteiger partial charge in [0.1, 0.15) is 4.90 Å². The quantitative estimate of drug-likeness (QED) is 0.382. The summed E-state index contributed by atoms with van der Waals surface area (Å²) >= 11 is 6.14. The van der Waals surface area contributed by atoms with Crippen LogP contribution in [0.2, 0.25) is 0 Å². The molecule has 2 aromatic carbocycles. The number of nitrogens with zero attached hydrogens (tertiary/aromatic N) is 3. The van der Waals surface area contributed by atoms with Gasteiger partial charge in [0.25, 0.3) is 15.9 Å². The largest absolute Gasteiger partial charge is 0.336 e. The molecule has 7 nitrogen and oxygen atoms in total. The number of carbonyl (C=O) groups excluding carboxylic acids is 1. The van der Waals surface area contributed by atoms with E-state index in [1.54, 1.807) is 43.5 Å². The van der Waals surface area contributed by atoms with Gasteiger partial charge in [-0.1, -0.05) is 42.5 Å². The van der Waals surface area contributed by atoms with Crippen molar-refractivity contribution in [3.63, 3.8) is 0 Å². The lowest BCUT2D eigenvalue weighted by atomic mass is 10.1. The molecule has 0 radical (unpaired) electrons. The highest BCUT2D eigenvalue weighted by molar-refractivity contribution is 7.93. The Hall–Kier alpha value is -3.46. The van der Waals surface area contributed by atoms with Crippen molar-refractivity contribution in [2.75, 3.05) is 37.4 Å². The lowest BCUT2D eigenvalue weighted by Crippen LogP contribution is -2.49. The number of aryl methyl sites for hydroxylation is 1. The number of hydrogen-bond acceptors (Lipinski definition) is 5. The molecule has 2 heterocycles. The monoisotopic (exact) mass is 550 g/mol. The maximum absolute atomic E-state index is 13.2. The number of para-hydroxylation sites is 1. The SMILES string of the molecule is C=C(/C=C(Cl)\C=C/C)CN1CCN(C(=O)c2ccc(NS(=O)(=O)c3cccc4cccnc34)c(C)c2)CC1. The van der Waals surface area contributed by atoms with E-state index < -0.39 is 10.0 Å². The lowest BCUT2D eigenvalue weighted by Gasteiger charge is -2.35. The molecule has 9 heteroatoms. The lowest BCUT2D eigenvalue weighted by molar-refractivity contribution is 0.0648. The van der Waals surface area contributed by atoms with E-state index in [1.165, 1.54) is 6.07 Å². The van der Waals surface area contributed by atoms with Gasteiger partial charge in [0.05, 0.1) is 11.2 Å². The highest BCUT2D eigenvalue weighted by atomic mass is 35.5. The second kappa shape index (κ2) is 11.9. The summed E-state index contributed by atoms with van der Waals surface area (Å²) in [5.41, 5.74) is 2.93. The van der Waals surface area contributed by atoms with Crippen molar-refractivity contribution < 1.29 is 13.2 Å². The molecule has 0 unspecified atom stereocenters. The van der Waals surface area contributed by atoms with E-state index in [0.29, 0.717) is 47.0 Å². The van der Waals surface area contributed by atoms with Crippen molar-refractivity contribution >= 4 is 44.1 Å². The zero-order valence-electron chi connectivity index (χ0n) is 21.5. The maximum Gasteiger partial charge on any atom is 0.264 e. The van der Waals surface area contributed by atoms with Crippen molar-refractivity contribution in [3.8, 4) is 0 Å². The first kappa shape index (κ1) is 27.6. The summed E-state index contributed by atoms with van der Waals surface area (Å²) in [5.74, 6) is -0.0738. The summed E-state index contributed by atoms with van der Waals surface area (Å²) in [7, 11) is -3.88. The third-order valence-electron chi connectivity index (χ3n) is 6.36. The van der Waals surface area contributed by atoms with Gasteiger partial charge in [0, 0.05) is 54.9 Å². The molecule has 0 atom stereocenters. The molecular weight excluding hydrogens is 520 g/mol. The molecular formula is C29H31ClN4O3S. The third kappa shape index (κ3) is 6.51. The summed E-state index contributed by atoms with van der Waals surface area (Å²) in [6, 6.07) is 13.7. The number of nitrogens with one attached hydrogen (secondary N) is 1. The van der Waals surface area contributed by atoms with Crippen LogP contribution in [0.5, 0.6) is 0 Å². The normalized spacial score (nSPS) is 15.2. The van der Waals surface area contributed by atoms with Crippen LogP contribution in [0.25, 0.3) is 10.9 Å². The maximum atomic E-state index is 13.2. The van der Waals surface area contributed by atoms with E-state index in [1.807, 2.05) is 42.2 Å². The topological polar surface area (TPSA) is 82.6 Å². The average molecular weight is 551 g/mol. The van der Waals surface area contributed by atoms with Crippen LogP contribution >= 0.6 is 11.6 Å². The molecule has 0 aliphatic carbocycles. The van der Waals surface area contributed by atoms with Crippen LogP contribution < -0.4 is 4.72 Å². The van der Waals surface area contributed by atoms with Gasteiger partial charge < -0.3 is 4.90 Å². The van der Waals surface area contributed by atoms with Gasteiger partial charge in [-0.05, 0) is 67.5 Å². The number of halogens is 1.